The summed E-state index contributed by atoms with van der Waals surface area (Å²) >= 11 is 0. The monoisotopic (exact) mass is 321 g/mol. The first-order valence-corrected chi connectivity index (χ1v) is 8.05. The van der Waals surface area contributed by atoms with E-state index in [4.69, 9.17) is 9.47 Å². The molecule has 1 atom stereocenters. The van der Waals surface area contributed by atoms with Gasteiger partial charge in [-0.1, -0.05) is 42.5 Å². The largest absolute Gasteiger partial charge is 0.493 e. The second-order valence-corrected chi connectivity index (χ2v) is 5.92. The highest BCUT2D eigenvalue weighted by molar-refractivity contribution is 5.48. The van der Waals surface area contributed by atoms with Gasteiger partial charge in [-0.3, -0.25) is 0 Å². The summed E-state index contributed by atoms with van der Waals surface area (Å²) in [7, 11) is 1.67. The fourth-order valence-electron chi connectivity index (χ4n) is 3.19. The first-order valence-electron chi connectivity index (χ1n) is 8.05. The number of para-hydroxylation sites is 1. The van der Waals surface area contributed by atoms with Crippen molar-refractivity contribution >= 4 is 0 Å². The van der Waals surface area contributed by atoms with E-state index in [1.165, 1.54) is 5.56 Å². The summed E-state index contributed by atoms with van der Waals surface area (Å²) in [6, 6.07) is 16.3. The van der Waals surface area contributed by atoms with Crippen LogP contribution < -0.4 is 9.47 Å². The first kappa shape index (κ1) is 14.8. The van der Waals surface area contributed by atoms with Crippen LogP contribution in [-0.4, -0.2) is 28.5 Å². The minimum atomic E-state index is 0.191. The van der Waals surface area contributed by atoms with Crippen molar-refractivity contribution in [2.75, 3.05) is 13.7 Å². The van der Waals surface area contributed by atoms with Gasteiger partial charge in [0.05, 0.1) is 26.2 Å². The topological polar surface area (TPSA) is 49.2 Å². The summed E-state index contributed by atoms with van der Waals surface area (Å²) < 4.78 is 13.3. The van der Waals surface area contributed by atoms with Crippen molar-refractivity contribution in [1.29, 1.82) is 0 Å². The lowest BCUT2D eigenvalue weighted by Crippen LogP contribution is -2.23. The Hall–Kier alpha value is -2.82. The lowest BCUT2D eigenvalue weighted by Gasteiger charge is -2.26. The van der Waals surface area contributed by atoms with Gasteiger partial charge in [-0.25, -0.2) is 9.67 Å². The van der Waals surface area contributed by atoms with E-state index in [9.17, 15) is 0 Å². The highest BCUT2D eigenvalue weighted by atomic mass is 16.5. The SMILES string of the molecule is COc1cccc2c1OC[C@@H](c1ncnn1Cc1ccccc1)C2. The van der Waals surface area contributed by atoms with Crippen LogP contribution in [0.3, 0.4) is 0 Å². The van der Waals surface area contributed by atoms with Gasteiger partial charge in [0.15, 0.2) is 11.5 Å². The molecule has 4 rings (SSSR count). The number of hydrogen-bond acceptors (Lipinski definition) is 4. The molecular formula is C19H19N3O2. The van der Waals surface area contributed by atoms with E-state index in [1.54, 1.807) is 13.4 Å². The third-order valence-electron chi connectivity index (χ3n) is 4.36. The number of ether oxygens (including phenoxy) is 2. The van der Waals surface area contributed by atoms with Gasteiger partial charge < -0.3 is 9.47 Å². The molecule has 24 heavy (non-hydrogen) atoms. The summed E-state index contributed by atoms with van der Waals surface area (Å²) in [6.07, 6.45) is 2.50. The van der Waals surface area contributed by atoms with E-state index < -0.39 is 0 Å². The molecule has 0 amide bonds. The molecule has 0 aliphatic carbocycles. The Morgan fingerprint density at radius 1 is 1.17 bits per heavy atom. The molecule has 5 nitrogen and oxygen atoms in total. The highest BCUT2D eigenvalue weighted by Crippen LogP contribution is 2.38. The van der Waals surface area contributed by atoms with Crippen LogP contribution in [0, 0.1) is 0 Å². The third-order valence-corrected chi connectivity index (χ3v) is 4.36. The van der Waals surface area contributed by atoms with Gasteiger partial charge >= 0.3 is 0 Å². The molecule has 0 spiro atoms. The first-order chi connectivity index (χ1) is 11.8. The van der Waals surface area contributed by atoms with Crippen LogP contribution in [0.25, 0.3) is 0 Å². The second kappa shape index (κ2) is 6.35. The molecule has 1 aromatic heterocycles. The number of hydrogen-bond donors (Lipinski definition) is 0. The van der Waals surface area contributed by atoms with Crippen molar-refractivity contribution in [3.8, 4) is 11.5 Å². The molecule has 2 heterocycles. The Labute approximate surface area is 140 Å². The van der Waals surface area contributed by atoms with Crippen LogP contribution in [0.5, 0.6) is 11.5 Å². The van der Waals surface area contributed by atoms with Crippen molar-refractivity contribution in [2.24, 2.45) is 0 Å². The zero-order valence-electron chi connectivity index (χ0n) is 13.6. The predicted octanol–water partition coefficient (Wildman–Crippen LogP) is 3.05. The van der Waals surface area contributed by atoms with Crippen molar-refractivity contribution in [1.82, 2.24) is 14.8 Å². The smallest absolute Gasteiger partial charge is 0.164 e. The Morgan fingerprint density at radius 2 is 2.04 bits per heavy atom. The Morgan fingerprint density at radius 3 is 2.88 bits per heavy atom. The number of nitrogens with zero attached hydrogens (tertiary/aromatic N) is 3. The lowest BCUT2D eigenvalue weighted by atomic mass is 9.95. The summed E-state index contributed by atoms with van der Waals surface area (Å²) in [6.45, 7) is 1.30. The van der Waals surface area contributed by atoms with Gasteiger partial charge in [-0.2, -0.15) is 5.10 Å². The molecule has 2 aromatic carbocycles. The summed E-state index contributed by atoms with van der Waals surface area (Å²) in [5.41, 5.74) is 2.36. The second-order valence-electron chi connectivity index (χ2n) is 5.92. The molecular weight excluding hydrogens is 302 g/mol. The number of benzene rings is 2. The Kier molecular flexibility index (Phi) is 3.91. The molecule has 0 radical (unpaired) electrons. The van der Waals surface area contributed by atoms with Gasteiger partial charge in [0.25, 0.3) is 0 Å². The highest BCUT2D eigenvalue weighted by Gasteiger charge is 2.27. The van der Waals surface area contributed by atoms with Crippen molar-refractivity contribution in [2.45, 2.75) is 18.9 Å². The Bertz CT molecular complexity index is 830. The molecule has 0 N–H and O–H groups in total. The van der Waals surface area contributed by atoms with E-state index >= 15 is 0 Å². The van der Waals surface area contributed by atoms with Crippen LogP contribution in [0.1, 0.15) is 22.9 Å². The fourth-order valence-corrected chi connectivity index (χ4v) is 3.19. The lowest BCUT2D eigenvalue weighted by molar-refractivity contribution is 0.240. The van der Waals surface area contributed by atoms with Crippen LogP contribution >= 0.6 is 0 Å². The summed E-state index contributed by atoms with van der Waals surface area (Å²) in [4.78, 5) is 4.49. The maximum Gasteiger partial charge on any atom is 0.164 e. The van der Waals surface area contributed by atoms with Crippen LogP contribution in [-0.2, 0) is 13.0 Å². The molecule has 1 aliphatic rings. The molecule has 0 unspecified atom stereocenters. The molecule has 1 aliphatic heterocycles. The number of methoxy groups -OCH3 is 1. The van der Waals surface area contributed by atoms with E-state index in [2.05, 4.69) is 28.3 Å². The number of rotatable bonds is 4. The van der Waals surface area contributed by atoms with Crippen molar-refractivity contribution < 1.29 is 9.47 Å². The average molecular weight is 321 g/mol. The van der Waals surface area contributed by atoms with Crippen LogP contribution in [0.2, 0.25) is 0 Å². The van der Waals surface area contributed by atoms with Gasteiger partial charge in [-0.15, -0.1) is 0 Å². The molecule has 0 saturated carbocycles. The zero-order chi connectivity index (χ0) is 16.4. The maximum atomic E-state index is 5.98. The minimum absolute atomic E-state index is 0.191. The molecule has 3 aromatic rings. The van der Waals surface area contributed by atoms with E-state index in [0.717, 1.165) is 35.9 Å². The molecule has 0 bridgehead atoms. The minimum Gasteiger partial charge on any atom is -0.493 e. The normalized spacial score (nSPS) is 16.3. The van der Waals surface area contributed by atoms with Gasteiger partial charge in [0.1, 0.15) is 12.2 Å². The summed E-state index contributed by atoms with van der Waals surface area (Å²) in [5.74, 6) is 2.80. The van der Waals surface area contributed by atoms with Crippen LogP contribution in [0.15, 0.2) is 54.9 Å². The van der Waals surface area contributed by atoms with E-state index in [-0.39, 0.29) is 5.92 Å². The van der Waals surface area contributed by atoms with E-state index in [0.29, 0.717) is 6.61 Å². The Balaban J connectivity index is 1.59. The predicted molar refractivity (Wildman–Crippen MR) is 90.5 cm³/mol. The van der Waals surface area contributed by atoms with Gasteiger partial charge in [0, 0.05) is 0 Å². The molecule has 0 fully saturated rings. The average Bonchev–Trinajstić information content (AvgIpc) is 3.09. The van der Waals surface area contributed by atoms with Crippen LogP contribution in [0.4, 0.5) is 0 Å². The van der Waals surface area contributed by atoms with Crippen molar-refractivity contribution in [3.05, 3.63) is 71.8 Å². The van der Waals surface area contributed by atoms with Gasteiger partial charge in [-0.05, 0) is 23.6 Å². The summed E-state index contributed by atoms with van der Waals surface area (Å²) in [5, 5.41) is 4.40. The molecule has 0 saturated heterocycles. The third kappa shape index (κ3) is 2.73. The van der Waals surface area contributed by atoms with Crippen molar-refractivity contribution in [3.63, 3.8) is 0 Å². The maximum absolute atomic E-state index is 5.98. The fraction of sp³-hybridized carbons (Fsp3) is 0.263. The standard InChI is InChI=1S/C19H19N3O2/c1-23-17-9-5-8-15-10-16(12-24-18(15)17)19-20-13-21-22(19)11-14-6-3-2-4-7-14/h2-9,13,16H,10-12H2,1H3/t16-/m0/s1. The molecule has 5 heteroatoms. The quantitative estimate of drug-likeness (QED) is 0.741. The number of fused-ring (bicyclic) bond motifs is 1. The van der Waals surface area contributed by atoms with Gasteiger partial charge in [0.2, 0.25) is 0 Å². The number of aromatic nitrogens is 3. The molecule has 122 valence electrons. The van der Waals surface area contributed by atoms with E-state index in [1.807, 2.05) is 35.0 Å². The zero-order valence-corrected chi connectivity index (χ0v) is 13.6.